The molecule has 4 nitrogen and oxygen atoms in total. The second-order valence-corrected chi connectivity index (χ2v) is 10.1. The molecule has 1 aliphatic carbocycles. The molecule has 0 saturated carbocycles. The Balaban J connectivity index is 1.36. The van der Waals surface area contributed by atoms with Gasteiger partial charge in [0.2, 0.25) is 0 Å². The Bertz CT molecular complexity index is 1380. The molecular formula is C25H17Cl2NO3S2. The van der Waals surface area contributed by atoms with Crippen LogP contribution >= 0.6 is 45.9 Å². The van der Waals surface area contributed by atoms with E-state index in [1.54, 1.807) is 46.9 Å². The number of allylic oxidation sites excluding steroid dienone is 1. The second kappa shape index (κ2) is 9.31. The van der Waals surface area contributed by atoms with E-state index in [1.807, 2.05) is 42.1 Å². The van der Waals surface area contributed by atoms with Crippen molar-refractivity contribution in [2.24, 2.45) is 0 Å². The van der Waals surface area contributed by atoms with Crippen LogP contribution in [0, 0.1) is 6.92 Å². The number of thiophene rings is 1. The molecule has 0 N–H and O–H groups in total. The smallest absolute Gasteiger partial charge is 0.195 e. The molecule has 5 rings (SSSR count). The first-order chi connectivity index (χ1) is 16.0. The molecule has 0 bridgehead atoms. The van der Waals surface area contributed by atoms with Crippen molar-refractivity contribution >= 4 is 62.8 Å². The molecule has 166 valence electrons. The highest BCUT2D eigenvalue weighted by Gasteiger charge is 2.33. The number of fused-ring (bicyclic) bond motifs is 1. The summed E-state index contributed by atoms with van der Waals surface area (Å²) in [6, 6.07) is 14.7. The lowest BCUT2D eigenvalue weighted by molar-refractivity contribution is 0.105. The Morgan fingerprint density at radius 3 is 2.30 bits per heavy atom. The SMILES string of the molecule is Cc1scnc1C1=C(c2cccs2)C(=O)c2cc(OCCOc3ccc(Cl)c(Cl)c3)ccc21. The van der Waals surface area contributed by atoms with Crippen LogP contribution in [0.4, 0.5) is 0 Å². The summed E-state index contributed by atoms with van der Waals surface area (Å²) >= 11 is 15.1. The second-order valence-electron chi connectivity index (χ2n) is 7.29. The molecule has 4 aromatic rings. The Labute approximate surface area is 209 Å². The number of thiazole rings is 1. The fraction of sp³-hybridized carbons (Fsp3) is 0.120. The summed E-state index contributed by atoms with van der Waals surface area (Å²) in [6.07, 6.45) is 0. The molecule has 0 unspecified atom stereocenters. The molecule has 0 spiro atoms. The molecule has 0 radical (unpaired) electrons. The van der Waals surface area contributed by atoms with Crippen LogP contribution in [0.5, 0.6) is 11.5 Å². The first kappa shape index (κ1) is 22.2. The summed E-state index contributed by atoms with van der Waals surface area (Å²) < 4.78 is 11.5. The molecule has 8 heteroatoms. The van der Waals surface area contributed by atoms with E-state index in [1.165, 1.54) is 0 Å². The molecule has 2 aromatic heterocycles. The third kappa shape index (κ3) is 4.32. The van der Waals surface area contributed by atoms with Gasteiger partial charge in [0.15, 0.2) is 5.78 Å². The molecule has 0 aliphatic heterocycles. The highest BCUT2D eigenvalue weighted by Crippen LogP contribution is 2.45. The monoisotopic (exact) mass is 513 g/mol. The first-order valence-corrected chi connectivity index (χ1v) is 12.6. The number of rotatable bonds is 7. The topological polar surface area (TPSA) is 48.4 Å². The summed E-state index contributed by atoms with van der Waals surface area (Å²) in [5.41, 5.74) is 5.79. The van der Waals surface area contributed by atoms with E-state index in [0.29, 0.717) is 45.9 Å². The lowest BCUT2D eigenvalue weighted by Gasteiger charge is -2.10. The fourth-order valence-corrected chi connectivity index (χ4v) is 5.38. The summed E-state index contributed by atoms with van der Waals surface area (Å²) in [5, 5.41) is 2.89. The molecule has 33 heavy (non-hydrogen) atoms. The lowest BCUT2D eigenvalue weighted by atomic mass is 10.0. The van der Waals surface area contributed by atoms with Crippen molar-refractivity contribution < 1.29 is 14.3 Å². The van der Waals surface area contributed by atoms with Crippen molar-refractivity contribution in [1.82, 2.24) is 4.98 Å². The molecule has 2 heterocycles. The largest absolute Gasteiger partial charge is 0.490 e. The van der Waals surface area contributed by atoms with Gasteiger partial charge in [-0.05, 0) is 54.3 Å². The highest BCUT2D eigenvalue weighted by molar-refractivity contribution is 7.12. The normalized spacial score (nSPS) is 12.9. The van der Waals surface area contributed by atoms with Gasteiger partial charge in [-0.3, -0.25) is 4.79 Å². The number of carbonyl (C=O) groups excluding carboxylic acids is 1. The van der Waals surface area contributed by atoms with Crippen LogP contribution in [0.1, 0.15) is 31.4 Å². The molecular weight excluding hydrogens is 497 g/mol. The van der Waals surface area contributed by atoms with Gasteiger partial charge < -0.3 is 9.47 Å². The van der Waals surface area contributed by atoms with E-state index in [9.17, 15) is 4.79 Å². The minimum atomic E-state index is -0.00708. The summed E-state index contributed by atoms with van der Waals surface area (Å²) in [5.74, 6) is 1.22. The number of Topliss-reactive ketones (excluding diaryl/α,β-unsaturated/α-hetero) is 1. The van der Waals surface area contributed by atoms with Gasteiger partial charge >= 0.3 is 0 Å². The average Bonchev–Trinajstić information content (AvgIpc) is 3.54. The summed E-state index contributed by atoms with van der Waals surface area (Å²) in [6.45, 7) is 2.67. The van der Waals surface area contributed by atoms with Crippen LogP contribution in [0.3, 0.4) is 0 Å². The number of halogens is 2. The number of hydrogen-bond donors (Lipinski definition) is 0. The van der Waals surface area contributed by atoms with Crippen molar-refractivity contribution in [2.75, 3.05) is 13.2 Å². The van der Waals surface area contributed by atoms with Gasteiger partial charge in [-0.15, -0.1) is 22.7 Å². The van der Waals surface area contributed by atoms with E-state index < -0.39 is 0 Å². The van der Waals surface area contributed by atoms with Crippen LogP contribution in [0.15, 0.2) is 59.4 Å². The number of ketones is 1. The number of benzene rings is 2. The van der Waals surface area contributed by atoms with E-state index in [2.05, 4.69) is 4.98 Å². The number of hydrogen-bond acceptors (Lipinski definition) is 6. The fourth-order valence-electron chi connectivity index (χ4n) is 3.73. The zero-order valence-corrected chi connectivity index (χ0v) is 20.6. The predicted molar refractivity (Wildman–Crippen MR) is 135 cm³/mol. The maximum absolute atomic E-state index is 13.5. The van der Waals surface area contributed by atoms with E-state index in [0.717, 1.165) is 26.6 Å². The van der Waals surface area contributed by atoms with E-state index >= 15 is 0 Å². The predicted octanol–water partition coefficient (Wildman–Crippen LogP) is 7.43. The van der Waals surface area contributed by atoms with Crippen LogP contribution in [0.2, 0.25) is 10.0 Å². The minimum Gasteiger partial charge on any atom is -0.490 e. The minimum absolute atomic E-state index is 0.00708. The maximum Gasteiger partial charge on any atom is 0.195 e. The highest BCUT2D eigenvalue weighted by atomic mass is 35.5. The molecule has 0 fully saturated rings. The lowest BCUT2D eigenvalue weighted by Crippen LogP contribution is -2.09. The number of aromatic nitrogens is 1. The van der Waals surface area contributed by atoms with Crippen LogP contribution in [-0.2, 0) is 0 Å². The van der Waals surface area contributed by atoms with Crippen LogP contribution in [0.25, 0.3) is 11.1 Å². The third-order valence-electron chi connectivity index (χ3n) is 5.24. The molecule has 0 atom stereocenters. The van der Waals surface area contributed by atoms with Crippen molar-refractivity contribution in [3.05, 3.63) is 96.0 Å². The van der Waals surface area contributed by atoms with E-state index in [-0.39, 0.29) is 5.78 Å². The molecule has 1 aliphatic rings. The quantitative estimate of drug-likeness (QED) is 0.241. The van der Waals surface area contributed by atoms with Crippen molar-refractivity contribution in [3.63, 3.8) is 0 Å². The van der Waals surface area contributed by atoms with Gasteiger partial charge in [-0.1, -0.05) is 29.3 Å². The summed E-state index contributed by atoms with van der Waals surface area (Å²) in [4.78, 5) is 20.0. The molecule has 0 saturated heterocycles. The Kier molecular flexibility index (Phi) is 6.25. The number of nitrogens with zero attached hydrogens (tertiary/aromatic N) is 1. The van der Waals surface area contributed by atoms with Gasteiger partial charge in [0, 0.05) is 32.5 Å². The van der Waals surface area contributed by atoms with Crippen molar-refractivity contribution in [3.8, 4) is 11.5 Å². The Morgan fingerprint density at radius 2 is 1.64 bits per heavy atom. The van der Waals surface area contributed by atoms with E-state index in [4.69, 9.17) is 32.7 Å². The van der Waals surface area contributed by atoms with Gasteiger partial charge in [-0.2, -0.15) is 0 Å². The van der Waals surface area contributed by atoms with Crippen molar-refractivity contribution in [1.29, 1.82) is 0 Å². The molecule has 2 aromatic carbocycles. The van der Waals surface area contributed by atoms with Gasteiger partial charge in [0.25, 0.3) is 0 Å². The van der Waals surface area contributed by atoms with Gasteiger partial charge in [0.05, 0.1) is 21.2 Å². The number of aryl methyl sites for hydroxylation is 1. The number of ether oxygens (including phenoxy) is 2. The standard InChI is InChI=1S/C25H17Cl2NO3S2/c1-14-24(28-13-33-14)22-17-6-4-15(11-18(17)25(29)23(22)21-3-2-10-32-21)30-8-9-31-16-5-7-19(26)20(27)12-16/h2-7,10-13H,8-9H2,1H3. The van der Waals surface area contributed by atoms with Gasteiger partial charge in [-0.25, -0.2) is 4.98 Å². The summed E-state index contributed by atoms with van der Waals surface area (Å²) in [7, 11) is 0. The molecule has 0 amide bonds. The first-order valence-electron chi connectivity index (χ1n) is 10.1. The van der Waals surface area contributed by atoms with Crippen LogP contribution < -0.4 is 9.47 Å². The van der Waals surface area contributed by atoms with Crippen molar-refractivity contribution in [2.45, 2.75) is 6.92 Å². The zero-order chi connectivity index (χ0) is 22.9. The Hall–Kier alpha value is -2.64. The maximum atomic E-state index is 13.5. The zero-order valence-electron chi connectivity index (χ0n) is 17.4. The third-order valence-corrected chi connectivity index (χ3v) is 7.63. The van der Waals surface area contributed by atoms with Gasteiger partial charge in [0.1, 0.15) is 24.7 Å². The number of carbonyl (C=O) groups is 1. The Morgan fingerprint density at radius 1 is 0.879 bits per heavy atom. The van der Waals surface area contributed by atoms with Crippen LogP contribution in [-0.4, -0.2) is 24.0 Å². The average molecular weight is 514 g/mol.